The van der Waals surface area contributed by atoms with E-state index in [1.54, 1.807) is 12.1 Å². The summed E-state index contributed by atoms with van der Waals surface area (Å²) in [6, 6.07) is 7.15. The second kappa shape index (κ2) is 6.16. The average Bonchev–Trinajstić information content (AvgIpc) is 2.21. The molecule has 4 nitrogen and oxygen atoms in total. The minimum absolute atomic E-state index is 0.0895. The predicted octanol–water partition coefficient (Wildman–Crippen LogP) is 2.05. The van der Waals surface area contributed by atoms with Gasteiger partial charge in [0, 0.05) is 17.5 Å². The molecule has 2 unspecified atom stereocenters. The number of nitrogens with two attached hydrogens (primary N) is 1. The second-order valence-electron chi connectivity index (χ2n) is 3.02. The van der Waals surface area contributed by atoms with Gasteiger partial charge in [0.05, 0.1) is 6.61 Å². The lowest BCUT2D eigenvalue weighted by atomic mass is 10.0. The number of hydrogen-bond donors (Lipinski definition) is 2. The molecule has 0 aliphatic heterocycles. The van der Waals surface area contributed by atoms with Crippen molar-refractivity contribution in [2.45, 2.75) is 5.92 Å². The second-order valence-corrected chi connectivity index (χ2v) is 4.19. The Morgan fingerprint density at radius 3 is 2.53 bits per heavy atom. The monoisotopic (exact) mass is 248 g/mol. The number of benzene rings is 1. The van der Waals surface area contributed by atoms with Gasteiger partial charge in [0.25, 0.3) is 0 Å². The van der Waals surface area contributed by atoms with Crippen molar-refractivity contribution in [1.82, 2.24) is 0 Å². The summed E-state index contributed by atoms with van der Waals surface area (Å²) in [7, 11) is -2.57. The lowest BCUT2D eigenvalue weighted by molar-refractivity contribution is 0.263. The molecule has 1 aromatic carbocycles. The first-order valence-electron chi connectivity index (χ1n) is 4.38. The fraction of sp³-hybridized carbons (Fsp3) is 0.333. The Morgan fingerprint density at radius 1 is 1.47 bits per heavy atom. The fourth-order valence-corrected chi connectivity index (χ4v) is 1.62. The molecule has 83 valence electrons. The van der Waals surface area contributed by atoms with E-state index in [0.717, 1.165) is 5.56 Å². The molecule has 0 aliphatic carbocycles. The number of hydrogen-bond acceptors (Lipinski definition) is 3. The molecule has 15 heavy (non-hydrogen) atoms. The smallest absolute Gasteiger partial charge is 0.330 e. The highest BCUT2D eigenvalue weighted by Gasteiger charge is 2.11. The third kappa shape index (κ3) is 4.24. The molecule has 0 spiro atoms. The van der Waals surface area contributed by atoms with E-state index >= 15 is 0 Å². The van der Waals surface area contributed by atoms with Crippen LogP contribution in [-0.4, -0.2) is 18.0 Å². The van der Waals surface area contributed by atoms with Crippen LogP contribution in [0.4, 0.5) is 0 Å². The van der Waals surface area contributed by atoms with Gasteiger partial charge in [-0.3, -0.25) is 9.42 Å². The van der Waals surface area contributed by atoms with Crippen molar-refractivity contribution in [3.8, 4) is 0 Å². The van der Waals surface area contributed by atoms with Crippen molar-refractivity contribution in [1.29, 1.82) is 0 Å². The van der Waals surface area contributed by atoms with Gasteiger partial charge in [-0.1, -0.05) is 23.7 Å². The molecule has 0 aromatic heterocycles. The summed E-state index contributed by atoms with van der Waals surface area (Å²) in [5, 5.41) is 0.642. The summed E-state index contributed by atoms with van der Waals surface area (Å²) >= 11 is 5.74. The first-order valence-corrected chi connectivity index (χ1v) is 5.89. The standard InChI is InChI=1S/C9H12ClNO3P/c10-9-3-1-7(2-4-9)8(5-11)6-14-15(12)13/h1-4,8H,5-6,11H2,(H,12,13). The van der Waals surface area contributed by atoms with Gasteiger partial charge in [0.2, 0.25) is 0 Å². The van der Waals surface area contributed by atoms with Crippen LogP contribution >= 0.6 is 19.9 Å². The van der Waals surface area contributed by atoms with E-state index in [4.69, 9.17) is 22.2 Å². The number of rotatable bonds is 5. The molecule has 0 saturated carbocycles. The normalized spacial score (nSPS) is 13.7. The van der Waals surface area contributed by atoms with Gasteiger partial charge < -0.3 is 5.73 Å². The largest absolute Gasteiger partial charge is 0.366 e. The predicted molar refractivity (Wildman–Crippen MR) is 59.0 cm³/mol. The molecule has 1 aromatic rings. The molecule has 3 N–H and O–H groups in total. The Labute approximate surface area is 94.0 Å². The van der Waals surface area contributed by atoms with Gasteiger partial charge in [-0.25, -0.2) is 4.57 Å². The summed E-state index contributed by atoms with van der Waals surface area (Å²) in [6.45, 7) is 0.481. The van der Waals surface area contributed by atoms with Crippen LogP contribution < -0.4 is 5.73 Å². The van der Waals surface area contributed by atoms with Crippen molar-refractivity contribution >= 4 is 19.9 Å². The highest BCUT2D eigenvalue weighted by Crippen LogP contribution is 2.22. The molecule has 6 heteroatoms. The molecule has 0 aliphatic rings. The zero-order chi connectivity index (χ0) is 11.3. The molecule has 0 fully saturated rings. The molecule has 1 rings (SSSR count). The van der Waals surface area contributed by atoms with Crippen molar-refractivity contribution in [2.24, 2.45) is 5.73 Å². The minimum atomic E-state index is -2.57. The van der Waals surface area contributed by atoms with E-state index in [1.807, 2.05) is 12.1 Å². The van der Waals surface area contributed by atoms with E-state index in [0.29, 0.717) is 11.6 Å². The molecular formula is C9H12ClNO3P. The summed E-state index contributed by atoms with van der Waals surface area (Å²) in [4.78, 5) is 8.51. The van der Waals surface area contributed by atoms with Crippen LogP contribution in [0.3, 0.4) is 0 Å². The van der Waals surface area contributed by atoms with Gasteiger partial charge >= 0.3 is 8.25 Å². The van der Waals surface area contributed by atoms with Crippen LogP contribution in [0.5, 0.6) is 0 Å². The van der Waals surface area contributed by atoms with Crippen molar-refractivity contribution in [3.63, 3.8) is 0 Å². The van der Waals surface area contributed by atoms with Gasteiger partial charge in [0.15, 0.2) is 0 Å². The molecular weight excluding hydrogens is 237 g/mol. The molecule has 0 amide bonds. The highest BCUT2D eigenvalue weighted by atomic mass is 35.5. The van der Waals surface area contributed by atoms with Crippen molar-refractivity contribution < 1.29 is 14.0 Å². The van der Waals surface area contributed by atoms with E-state index in [1.165, 1.54) is 0 Å². The first-order chi connectivity index (χ1) is 7.13. The Balaban J connectivity index is 2.65. The average molecular weight is 249 g/mol. The van der Waals surface area contributed by atoms with Gasteiger partial charge in [-0.05, 0) is 17.7 Å². The third-order valence-electron chi connectivity index (χ3n) is 2.01. The van der Waals surface area contributed by atoms with Crippen molar-refractivity contribution in [2.75, 3.05) is 13.2 Å². The third-order valence-corrected chi connectivity index (χ3v) is 2.63. The van der Waals surface area contributed by atoms with E-state index in [-0.39, 0.29) is 12.5 Å². The summed E-state index contributed by atoms with van der Waals surface area (Å²) < 4.78 is 15.0. The highest BCUT2D eigenvalue weighted by molar-refractivity contribution is 7.32. The van der Waals surface area contributed by atoms with Gasteiger partial charge in [-0.15, -0.1) is 0 Å². The minimum Gasteiger partial charge on any atom is -0.330 e. The zero-order valence-corrected chi connectivity index (χ0v) is 9.62. The van der Waals surface area contributed by atoms with Crippen LogP contribution in [-0.2, 0) is 9.09 Å². The first kappa shape index (κ1) is 12.6. The zero-order valence-electron chi connectivity index (χ0n) is 7.97. The Bertz CT molecular complexity index is 331. The Hall–Kier alpha value is -0.510. The number of halogens is 1. The van der Waals surface area contributed by atoms with Crippen LogP contribution in [0, 0.1) is 0 Å². The maximum absolute atomic E-state index is 10.4. The van der Waals surface area contributed by atoms with Gasteiger partial charge in [0.1, 0.15) is 0 Å². The fourth-order valence-electron chi connectivity index (χ4n) is 1.19. The lowest BCUT2D eigenvalue weighted by Gasteiger charge is -2.13. The van der Waals surface area contributed by atoms with E-state index in [2.05, 4.69) is 4.52 Å². The summed E-state index contributed by atoms with van der Waals surface area (Å²) in [5.74, 6) is -0.0895. The van der Waals surface area contributed by atoms with Crippen LogP contribution in [0.15, 0.2) is 24.3 Å². The Morgan fingerprint density at radius 2 is 2.07 bits per heavy atom. The van der Waals surface area contributed by atoms with E-state index in [9.17, 15) is 4.57 Å². The molecule has 0 saturated heterocycles. The van der Waals surface area contributed by atoms with Crippen LogP contribution in [0.2, 0.25) is 5.02 Å². The van der Waals surface area contributed by atoms with E-state index < -0.39 is 8.25 Å². The Kier molecular flexibility index (Phi) is 5.15. The molecule has 0 heterocycles. The quantitative estimate of drug-likeness (QED) is 0.782. The van der Waals surface area contributed by atoms with Crippen LogP contribution in [0.1, 0.15) is 11.5 Å². The van der Waals surface area contributed by atoms with Crippen molar-refractivity contribution in [3.05, 3.63) is 34.9 Å². The SMILES string of the molecule is NCC(CO[P](=O)O)c1ccc(Cl)cc1. The van der Waals surface area contributed by atoms with Crippen LogP contribution in [0.25, 0.3) is 0 Å². The molecule has 0 bridgehead atoms. The molecule has 1 radical (unpaired) electrons. The maximum atomic E-state index is 10.4. The lowest BCUT2D eigenvalue weighted by Crippen LogP contribution is -2.16. The van der Waals surface area contributed by atoms with Gasteiger partial charge in [-0.2, -0.15) is 0 Å². The molecule has 2 atom stereocenters. The summed E-state index contributed by atoms with van der Waals surface area (Å²) in [5.41, 5.74) is 6.48. The maximum Gasteiger partial charge on any atom is 0.366 e. The topological polar surface area (TPSA) is 72.5 Å². The summed E-state index contributed by atoms with van der Waals surface area (Å²) in [6.07, 6.45) is 0.